The molecule has 0 saturated carbocycles. The quantitative estimate of drug-likeness (QED) is 0.464. The molecule has 0 aliphatic carbocycles. The van der Waals surface area contributed by atoms with Gasteiger partial charge in [-0.3, -0.25) is 4.72 Å². The van der Waals surface area contributed by atoms with Crippen LogP contribution in [0.15, 0.2) is 65.1 Å². The number of anilines is 1. The first kappa shape index (κ1) is 17.2. The van der Waals surface area contributed by atoms with Crippen LogP contribution in [0.3, 0.4) is 0 Å². The molecular weight excluding hydrogens is 393 g/mol. The summed E-state index contributed by atoms with van der Waals surface area (Å²) in [6.07, 6.45) is 0. The summed E-state index contributed by atoms with van der Waals surface area (Å²) >= 11 is 11.9. The largest absolute Gasteiger partial charge is 0.456 e. The van der Waals surface area contributed by atoms with Crippen LogP contribution in [0.5, 0.6) is 0 Å². The molecule has 132 valence electrons. The second-order valence-electron chi connectivity index (χ2n) is 5.91. The van der Waals surface area contributed by atoms with Gasteiger partial charge < -0.3 is 4.42 Å². The maximum Gasteiger partial charge on any atom is 0.236 e. The number of benzene rings is 3. The van der Waals surface area contributed by atoms with E-state index in [9.17, 15) is 8.42 Å². The van der Waals surface area contributed by atoms with Gasteiger partial charge in [-0.05, 0) is 35.9 Å². The number of nitrogens with one attached hydrogen (secondary N) is 1. The molecule has 4 aromatic rings. The number of hydrogen-bond acceptors (Lipinski definition) is 3. The molecule has 0 atom stereocenters. The van der Waals surface area contributed by atoms with E-state index in [1.165, 1.54) is 6.07 Å². The number of sulfonamides is 1. The summed E-state index contributed by atoms with van der Waals surface area (Å²) in [5, 5.41) is 2.70. The third kappa shape index (κ3) is 3.38. The fourth-order valence-corrected chi connectivity index (χ4v) is 4.62. The Kier molecular flexibility index (Phi) is 4.31. The predicted octanol–water partition coefficient (Wildman–Crippen LogP) is 5.83. The summed E-state index contributed by atoms with van der Waals surface area (Å²) in [4.78, 5) is 0. The number of halogens is 2. The third-order valence-electron chi connectivity index (χ3n) is 4.01. The Morgan fingerprint density at radius 3 is 2.46 bits per heavy atom. The fourth-order valence-electron chi connectivity index (χ4n) is 2.85. The summed E-state index contributed by atoms with van der Waals surface area (Å²) in [5.41, 5.74) is 2.29. The molecule has 0 unspecified atom stereocenters. The van der Waals surface area contributed by atoms with Crippen LogP contribution in [-0.2, 0) is 15.8 Å². The van der Waals surface area contributed by atoms with Crippen LogP contribution in [0.2, 0.25) is 10.0 Å². The van der Waals surface area contributed by atoms with E-state index in [0.717, 1.165) is 16.4 Å². The first-order valence-corrected chi connectivity index (χ1v) is 10.2. The zero-order valence-electron chi connectivity index (χ0n) is 13.4. The summed E-state index contributed by atoms with van der Waals surface area (Å²) in [6, 6.07) is 17.6. The lowest BCUT2D eigenvalue weighted by atomic mass is 10.1. The van der Waals surface area contributed by atoms with Crippen molar-refractivity contribution in [2.45, 2.75) is 5.75 Å². The van der Waals surface area contributed by atoms with E-state index in [-0.39, 0.29) is 5.75 Å². The van der Waals surface area contributed by atoms with Crippen molar-refractivity contribution in [1.82, 2.24) is 0 Å². The van der Waals surface area contributed by atoms with E-state index in [4.69, 9.17) is 27.6 Å². The number of hydrogen-bond donors (Lipinski definition) is 1. The van der Waals surface area contributed by atoms with Gasteiger partial charge in [-0.15, -0.1) is 0 Å². The van der Waals surface area contributed by atoms with Crippen LogP contribution < -0.4 is 4.72 Å². The first-order valence-electron chi connectivity index (χ1n) is 7.77. The van der Waals surface area contributed by atoms with E-state index in [0.29, 0.717) is 26.9 Å². The van der Waals surface area contributed by atoms with Crippen molar-refractivity contribution in [3.63, 3.8) is 0 Å². The Hall–Kier alpha value is -2.21. The van der Waals surface area contributed by atoms with Gasteiger partial charge in [0.15, 0.2) is 0 Å². The molecule has 0 bridgehead atoms. The van der Waals surface area contributed by atoms with Crippen molar-refractivity contribution >= 4 is 60.9 Å². The van der Waals surface area contributed by atoms with Crippen molar-refractivity contribution in [2.24, 2.45) is 0 Å². The van der Waals surface area contributed by atoms with Crippen LogP contribution >= 0.6 is 23.2 Å². The maximum absolute atomic E-state index is 12.5. The van der Waals surface area contributed by atoms with Crippen molar-refractivity contribution in [1.29, 1.82) is 0 Å². The number of furan rings is 1. The molecule has 1 N–H and O–H groups in total. The van der Waals surface area contributed by atoms with Gasteiger partial charge in [0, 0.05) is 26.9 Å². The standard InChI is InChI=1S/C19H13Cl2NO3S/c20-13-6-5-12(17(21)9-13)11-26(23,24)22-14-7-8-16-15-3-1-2-4-18(15)25-19(16)10-14/h1-10,22H,11H2. The molecule has 0 aliphatic rings. The molecule has 4 nitrogen and oxygen atoms in total. The Labute approximate surface area is 160 Å². The highest BCUT2D eigenvalue weighted by Crippen LogP contribution is 2.31. The Balaban J connectivity index is 1.64. The van der Waals surface area contributed by atoms with Crippen LogP contribution in [0.1, 0.15) is 5.56 Å². The Bertz CT molecular complexity index is 1230. The van der Waals surface area contributed by atoms with Crippen LogP contribution in [0.25, 0.3) is 21.9 Å². The lowest BCUT2D eigenvalue weighted by Crippen LogP contribution is -2.15. The second kappa shape index (κ2) is 6.50. The van der Waals surface area contributed by atoms with E-state index < -0.39 is 10.0 Å². The van der Waals surface area contributed by atoms with Crippen molar-refractivity contribution in [3.8, 4) is 0 Å². The molecule has 3 aromatic carbocycles. The van der Waals surface area contributed by atoms with E-state index in [1.54, 1.807) is 24.3 Å². The van der Waals surface area contributed by atoms with Gasteiger partial charge in [-0.1, -0.05) is 47.5 Å². The molecule has 0 fully saturated rings. The normalized spacial score (nSPS) is 11.9. The zero-order chi connectivity index (χ0) is 18.3. The first-order chi connectivity index (χ1) is 12.4. The zero-order valence-corrected chi connectivity index (χ0v) is 15.7. The van der Waals surface area contributed by atoms with Crippen LogP contribution in [0, 0.1) is 0 Å². The molecule has 26 heavy (non-hydrogen) atoms. The minimum atomic E-state index is -3.64. The highest BCUT2D eigenvalue weighted by Gasteiger charge is 2.15. The average Bonchev–Trinajstić information content (AvgIpc) is 2.94. The monoisotopic (exact) mass is 405 g/mol. The van der Waals surface area contributed by atoms with Crippen LogP contribution in [-0.4, -0.2) is 8.42 Å². The smallest absolute Gasteiger partial charge is 0.236 e. The van der Waals surface area contributed by atoms with E-state index in [1.807, 2.05) is 30.3 Å². The Morgan fingerprint density at radius 2 is 1.65 bits per heavy atom. The Morgan fingerprint density at radius 1 is 0.885 bits per heavy atom. The van der Waals surface area contributed by atoms with E-state index >= 15 is 0 Å². The van der Waals surface area contributed by atoms with Gasteiger partial charge in [-0.25, -0.2) is 8.42 Å². The minimum absolute atomic E-state index is 0.249. The summed E-state index contributed by atoms with van der Waals surface area (Å²) in [6.45, 7) is 0. The summed E-state index contributed by atoms with van der Waals surface area (Å²) < 4.78 is 33.3. The molecule has 1 aromatic heterocycles. The average molecular weight is 406 g/mol. The van der Waals surface area contributed by atoms with E-state index in [2.05, 4.69) is 4.72 Å². The van der Waals surface area contributed by atoms with Gasteiger partial charge in [0.1, 0.15) is 11.2 Å². The number of para-hydroxylation sites is 1. The number of fused-ring (bicyclic) bond motifs is 3. The molecule has 0 amide bonds. The summed E-state index contributed by atoms with van der Waals surface area (Å²) in [7, 11) is -3.64. The molecule has 0 radical (unpaired) electrons. The molecule has 7 heteroatoms. The SMILES string of the molecule is O=S(=O)(Cc1ccc(Cl)cc1Cl)Nc1ccc2c(c1)oc1ccccc12. The minimum Gasteiger partial charge on any atom is -0.456 e. The third-order valence-corrected chi connectivity index (χ3v) is 5.84. The molecule has 0 saturated heterocycles. The van der Waals surface area contributed by atoms with Crippen molar-refractivity contribution in [2.75, 3.05) is 4.72 Å². The van der Waals surface area contributed by atoms with Gasteiger partial charge in [0.05, 0.1) is 11.4 Å². The molecule has 1 heterocycles. The van der Waals surface area contributed by atoms with Gasteiger partial charge >= 0.3 is 0 Å². The molecule has 0 spiro atoms. The maximum atomic E-state index is 12.5. The molecular formula is C19H13Cl2NO3S. The van der Waals surface area contributed by atoms with Crippen LogP contribution in [0.4, 0.5) is 5.69 Å². The molecule has 0 aliphatic heterocycles. The number of rotatable bonds is 4. The van der Waals surface area contributed by atoms with Gasteiger partial charge in [-0.2, -0.15) is 0 Å². The summed E-state index contributed by atoms with van der Waals surface area (Å²) in [5.74, 6) is -0.249. The lowest BCUT2D eigenvalue weighted by molar-refractivity contribution is 0.600. The topological polar surface area (TPSA) is 59.3 Å². The predicted molar refractivity (Wildman–Crippen MR) is 106 cm³/mol. The van der Waals surface area contributed by atoms with Gasteiger partial charge in [0.25, 0.3) is 0 Å². The lowest BCUT2D eigenvalue weighted by Gasteiger charge is -2.09. The van der Waals surface area contributed by atoms with Crippen molar-refractivity contribution in [3.05, 3.63) is 76.3 Å². The second-order valence-corrected chi connectivity index (χ2v) is 8.47. The fraction of sp³-hybridized carbons (Fsp3) is 0.0526. The van der Waals surface area contributed by atoms with Crippen molar-refractivity contribution < 1.29 is 12.8 Å². The molecule has 4 rings (SSSR count). The highest BCUT2D eigenvalue weighted by molar-refractivity contribution is 7.91. The highest BCUT2D eigenvalue weighted by atomic mass is 35.5. The van der Waals surface area contributed by atoms with Gasteiger partial charge in [0.2, 0.25) is 10.0 Å².